The zero-order valence-corrected chi connectivity index (χ0v) is 16.5. The quantitative estimate of drug-likeness (QED) is 0.530. The Morgan fingerprint density at radius 2 is 1.55 bits per heavy atom. The minimum atomic E-state index is -0.0644. The summed E-state index contributed by atoms with van der Waals surface area (Å²) in [5.74, 6) is 1.14. The summed E-state index contributed by atoms with van der Waals surface area (Å²) in [6.45, 7) is 9.71. The van der Waals surface area contributed by atoms with E-state index < -0.39 is 0 Å². The molecule has 2 atom stereocenters. The Bertz CT molecular complexity index is 738. The van der Waals surface area contributed by atoms with Gasteiger partial charge in [-0.1, -0.05) is 103 Å². The summed E-state index contributed by atoms with van der Waals surface area (Å²) in [5.41, 5.74) is 12.6. The van der Waals surface area contributed by atoms with Crippen LogP contribution in [0, 0.1) is 5.92 Å². The van der Waals surface area contributed by atoms with Gasteiger partial charge in [0.15, 0.2) is 12.0 Å². The Balaban J connectivity index is 0.00000190. The van der Waals surface area contributed by atoms with Crippen molar-refractivity contribution in [2.75, 3.05) is 0 Å². The Labute approximate surface area is 178 Å². The number of rotatable bonds is 6. The van der Waals surface area contributed by atoms with E-state index in [0.29, 0.717) is 5.70 Å². The molecule has 2 aromatic carbocycles. The summed E-state index contributed by atoms with van der Waals surface area (Å²) in [5, 5.41) is 3.54. The van der Waals surface area contributed by atoms with Gasteiger partial charge in [0.25, 0.3) is 0 Å². The maximum absolute atomic E-state index is 6.26. The van der Waals surface area contributed by atoms with Crippen LogP contribution >= 0.6 is 0 Å². The van der Waals surface area contributed by atoms with Crippen LogP contribution in [0.25, 0.3) is 11.5 Å². The summed E-state index contributed by atoms with van der Waals surface area (Å²) in [4.78, 5) is 0. The van der Waals surface area contributed by atoms with Crippen LogP contribution in [0.2, 0.25) is 0 Å². The molecule has 2 unspecified atom stereocenters. The minimum Gasteiger partial charge on any atom is -0.468 e. The van der Waals surface area contributed by atoms with E-state index in [4.69, 9.17) is 10.5 Å². The van der Waals surface area contributed by atoms with Crippen molar-refractivity contribution >= 4 is 11.5 Å². The standard InChI is InChI=1S/C22H24N2O.C2H6.2CH4/c1-3-19(23)16(2)14-15-20-24-21(17-10-6-4-7-11-17)22(25-20)18-12-8-5-9-13-18;1-2;;/h4-13,16,20,24H,1,14-15,23H2,2H3;1-2H3;2*1H4. The molecule has 0 bridgehead atoms. The van der Waals surface area contributed by atoms with Gasteiger partial charge >= 0.3 is 0 Å². The van der Waals surface area contributed by atoms with Crippen molar-refractivity contribution in [2.45, 2.75) is 54.7 Å². The molecule has 1 aliphatic heterocycles. The predicted octanol–water partition coefficient (Wildman–Crippen LogP) is 6.80. The molecule has 3 heteroatoms. The van der Waals surface area contributed by atoms with E-state index in [1.165, 1.54) is 0 Å². The molecule has 0 amide bonds. The van der Waals surface area contributed by atoms with E-state index in [1.54, 1.807) is 0 Å². The fraction of sp³-hybridized carbons (Fsp3) is 0.346. The number of hydrogen-bond donors (Lipinski definition) is 2. The molecule has 3 rings (SSSR count). The average molecular weight is 395 g/mol. The van der Waals surface area contributed by atoms with Crippen molar-refractivity contribution in [3.63, 3.8) is 0 Å². The van der Waals surface area contributed by atoms with Crippen LogP contribution in [0.15, 0.2) is 78.7 Å². The van der Waals surface area contributed by atoms with E-state index in [0.717, 1.165) is 35.4 Å². The second-order valence-electron chi connectivity index (χ2n) is 6.30. The first kappa shape index (κ1) is 26.1. The predicted molar refractivity (Wildman–Crippen MR) is 128 cm³/mol. The third kappa shape index (κ3) is 6.89. The molecule has 29 heavy (non-hydrogen) atoms. The fourth-order valence-corrected chi connectivity index (χ4v) is 2.94. The van der Waals surface area contributed by atoms with Crippen LogP contribution in [0.3, 0.4) is 0 Å². The number of ether oxygens (including phenoxy) is 1. The molecule has 0 aromatic heterocycles. The van der Waals surface area contributed by atoms with Crippen LogP contribution < -0.4 is 11.1 Å². The number of nitrogens with one attached hydrogen (secondary N) is 1. The van der Waals surface area contributed by atoms with Crippen molar-refractivity contribution in [2.24, 2.45) is 11.7 Å². The summed E-state index contributed by atoms with van der Waals surface area (Å²) in [7, 11) is 0. The molecule has 0 spiro atoms. The summed E-state index contributed by atoms with van der Waals surface area (Å²) in [6.07, 6.45) is 1.71. The van der Waals surface area contributed by atoms with Crippen LogP contribution in [-0.2, 0) is 4.74 Å². The molecule has 2 aromatic rings. The lowest BCUT2D eigenvalue weighted by Crippen LogP contribution is -2.24. The van der Waals surface area contributed by atoms with E-state index in [9.17, 15) is 0 Å². The van der Waals surface area contributed by atoms with Gasteiger partial charge in [0.05, 0.1) is 11.4 Å². The second kappa shape index (κ2) is 13.3. The highest BCUT2D eigenvalue weighted by atomic mass is 16.5. The molecule has 3 N–H and O–H groups in total. The van der Waals surface area contributed by atoms with Crippen LogP contribution in [0.1, 0.15) is 59.6 Å². The molecule has 0 saturated carbocycles. The molecular formula is C26H38N2O. The lowest BCUT2D eigenvalue weighted by Gasteiger charge is -2.16. The first-order valence-corrected chi connectivity index (χ1v) is 9.62. The minimum absolute atomic E-state index is 0. The first-order chi connectivity index (χ1) is 13.2. The molecule has 3 nitrogen and oxygen atoms in total. The van der Waals surface area contributed by atoms with Gasteiger partial charge in [-0.15, -0.1) is 5.73 Å². The Morgan fingerprint density at radius 1 is 1.03 bits per heavy atom. The van der Waals surface area contributed by atoms with Crippen LogP contribution in [0.4, 0.5) is 0 Å². The third-order valence-corrected chi connectivity index (χ3v) is 4.49. The average Bonchev–Trinajstić information content (AvgIpc) is 3.18. The fourth-order valence-electron chi connectivity index (χ4n) is 2.94. The molecule has 0 fully saturated rings. The summed E-state index contributed by atoms with van der Waals surface area (Å²) in [6, 6.07) is 20.5. The monoisotopic (exact) mass is 394 g/mol. The number of nitrogens with two attached hydrogens (primary N) is 1. The zero-order valence-electron chi connectivity index (χ0n) is 16.5. The normalized spacial score (nSPS) is 15.2. The van der Waals surface area contributed by atoms with E-state index >= 15 is 0 Å². The van der Waals surface area contributed by atoms with Gasteiger partial charge in [-0.2, -0.15) is 0 Å². The molecule has 0 saturated heterocycles. The van der Waals surface area contributed by atoms with Crippen molar-refractivity contribution in [3.05, 3.63) is 89.8 Å². The van der Waals surface area contributed by atoms with Gasteiger partial charge in [0.2, 0.25) is 0 Å². The smallest absolute Gasteiger partial charge is 0.170 e. The Morgan fingerprint density at radius 3 is 2.07 bits per heavy atom. The van der Waals surface area contributed by atoms with Crippen molar-refractivity contribution < 1.29 is 4.74 Å². The van der Waals surface area contributed by atoms with Gasteiger partial charge in [-0.25, -0.2) is 0 Å². The van der Waals surface area contributed by atoms with Crippen LogP contribution in [-0.4, -0.2) is 6.23 Å². The van der Waals surface area contributed by atoms with Crippen molar-refractivity contribution in [1.29, 1.82) is 0 Å². The largest absolute Gasteiger partial charge is 0.468 e. The van der Waals surface area contributed by atoms with E-state index in [-0.39, 0.29) is 27.0 Å². The third-order valence-electron chi connectivity index (χ3n) is 4.49. The number of hydrogen-bond acceptors (Lipinski definition) is 3. The topological polar surface area (TPSA) is 47.3 Å². The lowest BCUT2D eigenvalue weighted by atomic mass is 10.0. The molecular weight excluding hydrogens is 356 g/mol. The highest BCUT2D eigenvalue weighted by Crippen LogP contribution is 2.33. The SMILES string of the molecule is C.C.C=C=C(N)C(C)CCC1NC(c2ccccc2)=C(c2ccccc2)O1.CC. The van der Waals surface area contributed by atoms with E-state index in [2.05, 4.69) is 48.8 Å². The van der Waals surface area contributed by atoms with Gasteiger partial charge in [0, 0.05) is 23.5 Å². The second-order valence-corrected chi connectivity index (χ2v) is 6.30. The molecule has 0 radical (unpaired) electrons. The maximum atomic E-state index is 6.26. The molecule has 0 aliphatic carbocycles. The lowest BCUT2D eigenvalue weighted by molar-refractivity contribution is 0.155. The van der Waals surface area contributed by atoms with Gasteiger partial charge < -0.3 is 15.8 Å². The van der Waals surface area contributed by atoms with Gasteiger partial charge in [-0.05, 0) is 6.42 Å². The first-order valence-electron chi connectivity index (χ1n) is 9.62. The van der Waals surface area contributed by atoms with Gasteiger partial charge in [0.1, 0.15) is 0 Å². The maximum Gasteiger partial charge on any atom is 0.170 e. The van der Waals surface area contributed by atoms with Crippen molar-refractivity contribution in [3.8, 4) is 0 Å². The molecule has 1 aliphatic rings. The molecule has 158 valence electrons. The molecule has 1 heterocycles. The zero-order chi connectivity index (χ0) is 19.6. The summed E-state index contributed by atoms with van der Waals surface area (Å²) >= 11 is 0. The number of allylic oxidation sites excluding steroid dienone is 1. The van der Waals surface area contributed by atoms with E-state index in [1.807, 2.05) is 50.2 Å². The van der Waals surface area contributed by atoms with Crippen molar-refractivity contribution in [1.82, 2.24) is 5.32 Å². The highest BCUT2D eigenvalue weighted by molar-refractivity contribution is 5.88. The highest BCUT2D eigenvalue weighted by Gasteiger charge is 2.27. The Hall–Kier alpha value is -2.90. The Kier molecular flexibility index (Phi) is 12.0. The van der Waals surface area contributed by atoms with Crippen LogP contribution in [0.5, 0.6) is 0 Å². The number of benzene rings is 2. The summed E-state index contributed by atoms with van der Waals surface area (Å²) < 4.78 is 6.26. The van der Waals surface area contributed by atoms with Gasteiger partial charge in [-0.3, -0.25) is 0 Å².